The van der Waals surface area contributed by atoms with Crippen LogP contribution in [0.5, 0.6) is 0 Å². The lowest BCUT2D eigenvalue weighted by atomic mass is 9.89. The Morgan fingerprint density at radius 3 is 2.75 bits per heavy atom. The van der Waals surface area contributed by atoms with E-state index in [1.54, 1.807) is 0 Å². The summed E-state index contributed by atoms with van der Waals surface area (Å²) in [5.41, 5.74) is 8.35. The van der Waals surface area contributed by atoms with Gasteiger partial charge in [-0.3, -0.25) is 0 Å². The van der Waals surface area contributed by atoms with E-state index < -0.39 is 0 Å². The zero-order valence-corrected chi connectivity index (χ0v) is 9.83. The van der Waals surface area contributed by atoms with Crippen LogP contribution in [-0.4, -0.2) is 25.3 Å². The van der Waals surface area contributed by atoms with Crippen LogP contribution in [-0.2, 0) is 4.74 Å². The van der Waals surface area contributed by atoms with Crippen molar-refractivity contribution in [1.29, 1.82) is 0 Å². The maximum atomic E-state index is 5.91. The van der Waals surface area contributed by atoms with Crippen LogP contribution >= 0.6 is 0 Å². The van der Waals surface area contributed by atoms with Gasteiger partial charge in [0.2, 0.25) is 0 Å². The molecule has 1 fully saturated rings. The van der Waals surface area contributed by atoms with Gasteiger partial charge >= 0.3 is 0 Å². The van der Waals surface area contributed by atoms with Gasteiger partial charge in [0.05, 0.1) is 5.54 Å². The van der Waals surface area contributed by atoms with E-state index in [4.69, 9.17) is 10.5 Å². The van der Waals surface area contributed by atoms with Gasteiger partial charge in [0.25, 0.3) is 0 Å². The predicted octanol–water partition coefficient (Wildman–Crippen LogP) is 1.91. The van der Waals surface area contributed by atoms with Gasteiger partial charge in [-0.25, -0.2) is 0 Å². The molecule has 3 N–H and O–H groups in total. The molecule has 0 spiro atoms. The number of anilines is 1. The molecule has 0 saturated carbocycles. The van der Waals surface area contributed by atoms with Gasteiger partial charge in [0, 0.05) is 25.4 Å². The Kier molecular flexibility index (Phi) is 3.46. The number of benzene rings is 1. The van der Waals surface area contributed by atoms with Gasteiger partial charge in [-0.1, -0.05) is 12.1 Å². The normalized spacial score (nSPS) is 19.4. The molecular formula is C13H20N2O. The lowest BCUT2D eigenvalue weighted by Gasteiger charge is -2.38. The standard InChI is InChI=1S/C13H20N2O/c1-11-3-2-4-12(9-11)15-13(10-14)5-7-16-8-6-13/h2-4,9,15H,5-8,10,14H2,1H3. The number of aryl methyl sites for hydroxylation is 1. The molecule has 3 nitrogen and oxygen atoms in total. The predicted molar refractivity (Wildman–Crippen MR) is 66.6 cm³/mol. The van der Waals surface area contributed by atoms with E-state index in [1.165, 1.54) is 5.56 Å². The van der Waals surface area contributed by atoms with Crippen molar-refractivity contribution < 1.29 is 4.74 Å². The Morgan fingerprint density at radius 1 is 1.38 bits per heavy atom. The Labute approximate surface area is 97.0 Å². The zero-order chi connectivity index (χ0) is 11.4. The molecule has 1 aromatic rings. The van der Waals surface area contributed by atoms with Crippen molar-refractivity contribution in [2.75, 3.05) is 25.1 Å². The molecule has 1 aromatic carbocycles. The van der Waals surface area contributed by atoms with Crippen molar-refractivity contribution >= 4 is 5.69 Å². The maximum Gasteiger partial charge on any atom is 0.0539 e. The second-order valence-electron chi connectivity index (χ2n) is 4.59. The first-order valence-electron chi connectivity index (χ1n) is 5.87. The molecule has 0 aliphatic carbocycles. The molecule has 0 bridgehead atoms. The molecule has 1 aliphatic heterocycles. The van der Waals surface area contributed by atoms with E-state index in [-0.39, 0.29) is 5.54 Å². The van der Waals surface area contributed by atoms with Crippen LogP contribution in [0.2, 0.25) is 0 Å². The van der Waals surface area contributed by atoms with Crippen LogP contribution < -0.4 is 11.1 Å². The van der Waals surface area contributed by atoms with E-state index in [0.717, 1.165) is 31.7 Å². The number of nitrogens with one attached hydrogen (secondary N) is 1. The maximum absolute atomic E-state index is 5.91. The lowest BCUT2D eigenvalue weighted by Crippen LogP contribution is -2.49. The minimum Gasteiger partial charge on any atom is -0.381 e. The molecule has 0 aromatic heterocycles. The van der Waals surface area contributed by atoms with Gasteiger partial charge in [-0.2, -0.15) is 0 Å². The van der Waals surface area contributed by atoms with Crippen LogP contribution in [0.15, 0.2) is 24.3 Å². The highest BCUT2D eigenvalue weighted by Crippen LogP contribution is 2.25. The molecule has 0 atom stereocenters. The third-order valence-electron chi connectivity index (χ3n) is 3.27. The minimum absolute atomic E-state index is 0.0199. The lowest BCUT2D eigenvalue weighted by molar-refractivity contribution is 0.0628. The molecule has 0 radical (unpaired) electrons. The molecule has 1 saturated heterocycles. The Hall–Kier alpha value is -1.06. The Balaban J connectivity index is 2.11. The number of ether oxygens (including phenoxy) is 1. The molecule has 1 aliphatic rings. The highest BCUT2D eigenvalue weighted by atomic mass is 16.5. The van der Waals surface area contributed by atoms with Crippen molar-refractivity contribution in [3.63, 3.8) is 0 Å². The van der Waals surface area contributed by atoms with Gasteiger partial charge in [0.15, 0.2) is 0 Å². The summed E-state index contributed by atoms with van der Waals surface area (Å²) >= 11 is 0. The number of hydrogen-bond acceptors (Lipinski definition) is 3. The zero-order valence-electron chi connectivity index (χ0n) is 9.83. The minimum atomic E-state index is 0.0199. The average molecular weight is 220 g/mol. The third kappa shape index (κ3) is 2.54. The monoisotopic (exact) mass is 220 g/mol. The molecule has 1 heterocycles. The quantitative estimate of drug-likeness (QED) is 0.818. The van der Waals surface area contributed by atoms with E-state index in [2.05, 4.69) is 36.5 Å². The van der Waals surface area contributed by atoms with Crippen molar-refractivity contribution in [3.8, 4) is 0 Å². The number of hydrogen-bond donors (Lipinski definition) is 2. The summed E-state index contributed by atoms with van der Waals surface area (Å²) in [6.45, 7) is 4.36. The summed E-state index contributed by atoms with van der Waals surface area (Å²) in [7, 11) is 0. The fourth-order valence-corrected chi connectivity index (χ4v) is 2.17. The van der Waals surface area contributed by atoms with Gasteiger partial charge in [-0.15, -0.1) is 0 Å². The smallest absolute Gasteiger partial charge is 0.0539 e. The van der Waals surface area contributed by atoms with Crippen molar-refractivity contribution in [1.82, 2.24) is 0 Å². The van der Waals surface area contributed by atoms with Crippen molar-refractivity contribution in [3.05, 3.63) is 29.8 Å². The average Bonchev–Trinajstić information content (AvgIpc) is 2.30. The van der Waals surface area contributed by atoms with Gasteiger partial charge < -0.3 is 15.8 Å². The number of nitrogens with two attached hydrogens (primary N) is 1. The molecule has 2 rings (SSSR count). The van der Waals surface area contributed by atoms with Crippen LogP contribution in [0.1, 0.15) is 18.4 Å². The second-order valence-corrected chi connectivity index (χ2v) is 4.59. The van der Waals surface area contributed by atoms with Crippen molar-refractivity contribution in [2.24, 2.45) is 5.73 Å². The molecular weight excluding hydrogens is 200 g/mol. The van der Waals surface area contributed by atoms with Crippen LogP contribution in [0.4, 0.5) is 5.69 Å². The van der Waals surface area contributed by atoms with Crippen LogP contribution in [0.3, 0.4) is 0 Å². The summed E-state index contributed by atoms with van der Waals surface area (Å²) < 4.78 is 5.39. The molecule has 0 amide bonds. The molecule has 16 heavy (non-hydrogen) atoms. The van der Waals surface area contributed by atoms with Gasteiger partial charge in [0.1, 0.15) is 0 Å². The fraction of sp³-hybridized carbons (Fsp3) is 0.538. The topological polar surface area (TPSA) is 47.3 Å². The van der Waals surface area contributed by atoms with E-state index >= 15 is 0 Å². The van der Waals surface area contributed by atoms with E-state index in [1.807, 2.05) is 0 Å². The van der Waals surface area contributed by atoms with Gasteiger partial charge in [-0.05, 0) is 37.5 Å². The Bertz CT molecular complexity index is 346. The summed E-state index contributed by atoms with van der Waals surface area (Å²) in [4.78, 5) is 0. The van der Waals surface area contributed by atoms with Crippen molar-refractivity contribution in [2.45, 2.75) is 25.3 Å². The second kappa shape index (κ2) is 4.85. The first-order valence-corrected chi connectivity index (χ1v) is 5.87. The fourth-order valence-electron chi connectivity index (χ4n) is 2.17. The Morgan fingerprint density at radius 2 is 2.12 bits per heavy atom. The highest BCUT2D eigenvalue weighted by Gasteiger charge is 2.30. The highest BCUT2D eigenvalue weighted by molar-refractivity contribution is 5.48. The van der Waals surface area contributed by atoms with Crippen LogP contribution in [0, 0.1) is 6.92 Å². The molecule has 0 unspecified atom stereocenters. The summed E-state index contributed by atoms with van der Waals surface area (Å²) in [6, 6.07) is 8.43. The summed E-state index contributed by atoms with van der Waals surface area (Å²) in [5.74, 6) is 0. The van der Waals surface area contributed by atoms with E-state index in [9.17, 15) is 0 Å². The van der Waals surface area contributed by atoms with Crippen LogP contribution in [0.25, 0.3) is 0 Å². The first-order chi connectivity index (χ1) is 7.74. The van der Waals surface area contributed by atoms with E-state index in [0.29, 0.717) is 6.54 Å². The largest absolute Gasteiger partial charge is 0.381 e. The number of rotatable bonds is 3. The SMILES string of the molecule is Cc1cccc(NC2(CN)CCOCC2)c1. The molecule has 3 heteroatoms. The summed E-state index contributed by atoms with van der Waals surface area (Å²) in [6.07, 6.45) is 1.97. The molecule has 88 valence electrons. The third-order valence-corrected chi connectivity index (χ3v) is 3.27. The first kappa shape index (κ1) is 11.4. The summed E-state index contributed by atoms with van der Waals surface area (Å²) in [5, 5.41) is 3.58.